The number of carbonyl (C=O) groups excluding carboxylic acids is 1. The van der Waals surface area contributed by atoms with Gasteiger partial charge >= 0.3 is 0 Å². The number of nitrogens with zero attached hydrogens (tertiary/aromatic N) is 3. The van der Waals surface area contributed by atoms with Crippen LogP contribution >= 0.6 is 11.3 Å². The third-order valence-corrected chi connectivity index (χ3v) is 4.99. The van der Waals surface area contributed by atoms with Crippen molar-refractivity contribution in [2.45, 2.75) is 19.9 Å². The van der Waals surface area contributed by atoms with Crippen LogP contribution in [0.1, 0.15) is 11.8 Å². The zero-order valence-electron chi connectivity index (χ0n) is 13.3. The van der Waals surface area contributed by atoms with E-state index in [0.717, 1.165) is 17.0 Å². The van der Waals surface area contributed by atoms with Crippen LogP contribution in [0.5, 0.6) is 0 Å². The van der Waals surface area contributed by atoms with Gasteiger partial charge < -0.3 is 9.47 Å². The highest BCUT2D eigenvalue weighted by Crippen LogP contribution is 2.29. The maximum absolute atomic E-state index is 14.1. The van der Waals surface area contributed by atoms with Crippen LogP contribution in [-0.2, 0) is 17.8 Å². The number of aryl methyl sites for hydroxylation is 1. The van der Waals surface area contributed by atoms with E-state index in [-0.39, 0.29) is 18.3 Å². The number of fused-ring (bicyclic) bond motifs is 1. The first-order chi connectivity index (χ1) is 11.0. The Morgan fingerprint density at radius 3 is 2.74 bits per heavy atom. The quantitative estimate of drug-likeness (QED) is 0.733. The molecule has 0 bridgehead atoms. The topological polar surface area (TPSA) is 38.1 Å². The minimum absolute atomic E-state index is 0.0779. The van der Waals surface area contributed by atoms with Gasteiger partial charge in [-0.05, 0) is 30.7 Å². The predicted molar refractivity (Wildman–Crippen MR) is 91.1 cm³/mol. The summed E-state index contributed by atoms with van der Waals surface area (Å²) in [5, 5.41) is 0.438. The van der Waals surface area contributed by atoms with E-state index in [4.69, 9.17) is 0 Å². The normalized spacial score (nSPS) is 11.1. The summed E-state index contributed by atoms with van der Waals surface area (Å²) in [5.74, 6) is -0.454. The van der Waals surface area contributed by atoms with Crippen LogP contribution in [-0.4, -0.2) is 34.5 Å². The number of rotatable bonds is 4. The van der Waals surface area contributed by atoms with E-state index in [1.54, 1.807) is 36.1 Å². The molecule has 0 unspecified atom stereocenters. The highest BCUT2D eigenvalue weighted by molar-refractivity contribution is 7.15. The monoisotopic (exact) mass is 331 g/mol. The summed E-state index contributed by atoms with van der Waals surface area (Å²) in [7, 11) is 3.36. The Balaban J connectivity index is 2.05. The van der Waals surface area contributed by atoms with E-state index < -0.39 is 0 Å². The molecule has 3 aromatic rings. The van der Waals surface area contributed by atoms with Gasteiger partial charge in [0.05, 0.1) is 16.0 Å². The maximum atomic E-state index is 14.1. The fourth-order valence-electron chi connectivity index (χ4n) is 2.37. The molecule has 0 aromatic carbocycles. The van der Waals surface area contributed by atoms with Crippen LogP contribution in [0.4, 0.5) is 4.39 Å². The lowest BCUT2D eigenvalue weighted by atomic mass is 10.2. The smallest absolute Gasteiger partial charge is 0.242 e. The summed E-state index contributed by atoms with van der Waals surface area (Å²) in [5.41, 5.74) is 1.31. The maximum Gasteiger partial charge on any atom is 0.242 e. The van der Waals surface area contributed by atoms with E-state index in [2.05, 4.69) is 18.0 Å². The van der Waals surface area contributed by atoms with Crippen LogP contribution in [0.3, 0.4) is 0 Å². The molecule has 0 N–H and O–H groups in total. The third-order valence-electron chi connectivity index (χ3n) is 3.74. The Labute approximate surface area is 138 Å². The van der Waals surface area contributed by atoms with Crippen molar-refractivity contribution < 1.29 is 9.18 Å². The fraction of sp³-hybridized carbons (Fsp3) is 0.294. The molecule has 1 amide bonds. The molecule has 0 radical (unpaired) electrons. The first-order valence-electron chi connectivity index (χ1n) is 7.44. The summed E-state index contributed by atoms with van der Waals surface area (Å²) in [6.07, 6.45) is 2.32. The van der Waals surface area contributed by atoms with Gasteiger partial charge in [0.2, 0.25) is 5.91 Å². The summed E-state index contributed by atoms with van der Waals surface area (Å²) in [6.45, 7) is 2.19. The average molecular weight is 331 g/mol. The van der Waals surface area contributed by atoms with Crippen LogP contribution in [0.15, 0.2) is 30.5 Å². The number of amides is 1. The van der Waals surface area contributed by atoms with Gasteiger partial charge in [0.1, 0.15) is 18.0 Å². The largest absolute Gasteiger partial charge is 0.347 e. The zero-order valence-corrected chi connectivity index (χ0v) is 14.2. The molecule has 4 nitrogen and oxygen atoms in total. The molecule has 6 heteroatoms. The number of halogens is 1. The number of pyridine rings is 1. The molecular weight excluding hydrogens is 313 g/mol. The fourth-order valence-corrected chi connectivity index (χ4v) is 3.29. The Morgan fingerprint density at radius 1 is 1.30 bits per heavy atom. The molecule has 0 atom stereocenters. The van der Waals surface area contributed by atoms with E-state index in [9.17, 15) is 9.18 Å². The molecule has 23 heavy (non-hydrogen) atoms. The molecule has 3 aromatic heterocycles. The second-order valence-corrected chi connectivity index (χ2v) is 6.75. The number of hydrogen-bond donors (Lipinski definition) is 0. The minimum atomic E-state index is -0.356. The molecule has 0 spiro atoms. The van der Waals surface area contributed by atoms with Gasteiger partial charge in [0.25, 0.3) is 0 Å². The number of thiophene rings is 1. The van der Waals surface area contributed by atoms with Crippen molar-refractivity contribution in [2.75, 3.05) is 14.1 Å². The Hall–Kier alpha value is -2.21. The van der Waals surface area contributed by atoms with Crippen LogP contribution in [0, 0.1) is 5.82 Å². The molecule has 0 saturated carbocycles. The van der Waals surface area contributed by atoms with Crippen molar-refractivity contribution in [3.8, 4) is 10.6 Å². The summed E-state index contributed by atoms with van der Waals surface area (Å²) in [6, 6.07) is 7.68. The predicted octanol–water partition coefficient (Wildman–Crippen LogP) is 3.55. The minimum Gasteiger partial charge on any atom is -0.347 e. The number of aromatic nitrogens is 2. The van der Waals surface area contributed by atoms with Crippen molar-refractivity contribution in [1.29, 1.82) is 0 Å². The standard InChI is InChI=1S/C17H18FN3OS/c1-4-11-5-8-15(23-11)14-7-6-12-13(18)9-21(17(12)19-14)10-16(22)20(2)3/h5-9H,4,10H2,1-3H3. The van der Waals surface area contributed by atoms with Crippen LogP contribution in [0.25, 0.3) is 21.6 Å². The Morgan fingerprint density at radius 2 is 2.09 bits per heavy atom. The second-order valence-electron chi connectivity index (χ2n) is 5.58. The zero-order chi connectivity index (χ0) is 16.6. The van der Waals surface area contributed by atoms with Crippen molar-refractivity contribution in [3.63, 3.8) is 0 Å². The summed E-state index contributed by atoms with van der Waals surface area (Å²) in [4.78, 5) is 20.3. The highest BCUT2D eigenvalue weighted by atomic mass is 32.1. The molecule has 0 saturated heterocycles. The molecular formula is C17H18FN3OS. The van der Waals surface area contributed by atoms with Crippen LogP contribution in [0.2, 0.25) is 0 Å². The first kappa shape index (κ1) is 15.7. The van der Waals surface area contributed by atoms with Crippen molar-refractivity contribution in [2.24, 2.45) is 0 Å². The third kappa shape index (κ3) is 2.99. The van der Waals surface area contributed by atoms with Gasteiger partial charge in [-0.3, -0.25) is 4.79 Å². The summed E-state index contributed by atoms with van der Waals surface area (Å²) < 4.78 is 15.6. The lowest BCUT2D eigenvalue weighted by molar-refractivity contribution is -0.129. The van der Waals surface area contributed by atoms with Crippen LogP contribution < -0.4 is 0 Å². The Kier molecular flexibility index (Phi) is 4.17. The van der Waals surface area contributed by atoms with Gasteiger partial charge in [-0.2, -0.15) is 0 Å². The van der Waals surface area contributed by atoms with Crippen molar-refractivity contribution in [1.82, 2.24) is 14.5 Å². The Bertz CT molecular complexity index is 866. The lowest BCUT2D eigenvalue weighted by Crippen LogP contribution is -2.26. The van der Waals surface area contributed by atoms with Gasteiger partial charge in [0, 0.05) is 25.2 Å². The van der Waals surface area contributed by atoms with Crippen molar-refractivity contribution >= 4 is 28.3 Å². The SMILES string of the molecule is CCc1ccc(-c2ccc3c(F)cn(CC(=O)N(C)C)c3n2)s1. The van der Waals surface area contributed by atoms with E-state index >= 15 is 0 Å². The summed E-state index contributed by atoms with van der Waals surface area (Å²) >= 11 is 1.69. The van der Waals surface area contributed by atoms with E-state index in [1.807, 2.05) is 12.1 Å². The van der Waals surface area contributed by atoms with Crippen molar-refractivity contribution in [3.05, 3.63) is 41.2 Å². The molecule has 0 aliphatic carbocycles. The van der Waals surface area contributed by atoms with Gasteiger partial charge in [-0.25, -0.2) is 9.37 Å². The molecule has 0 fully saturated rings. The molecule has 0 aliphatic rings. The number of hydrogen-bond acceptors (Lipinski definition) is 3. The molecule has 120 valence electrons. The molecule has 0 aliphatic heterocycles. The highest BCUT2D eigenvalue weighted by Gasteiger charge is 2.15. The molecule has 3 heterocycles. The van der Waals surface area contributed by atoms with E-state index in [1.165, 1.54) is 16.0 Å². The number of carbonyl (C=O) groups is 1. The van der Waals surface area contributed by atoms with Gasteiger partial charge in [-0.1, -0.05) is 6.92 Å². The second kappa shape index (κ2) is 6.12. The number of likely N-dealkylation sites (N-methyl/N-ethyl adjacent to an activating group) is 1. The van der Waals surface area contributed by atoms with E-state index in [0.29, 0.717) is 11.0 Å². The lowest BCUT2D eigenvalue weighted by Gasteiger charge is -2.11. The van der Waals surface area contributed by atoms with Gasteiger partial charge in [0.15, 0.2) is 0 Å². The van der Waals surface area contributed by atoms with Gasteiger partial charge in [-0.15, -0.1) is 11.3 Å². The molecule has 3 rings (SSSR count). The first-order valence-corrected chi connectivity index (χ1v) is 8.26. The average Bonchev–Trinajstić information content (AvgIpc) is 3.12.